The molecule has 2 aromatic rings. The first-order chi connectivity index (χ1) is 10.0. The van der Waals surface area contributed by atoms with Crippen molar-refractivity contribution in [2.75, 3.05) is 7.11 Å². The summed E-state index contributed by atoms with van der Waals surface area (Å²) in [6.45, 7) is 0.0957. The lowest BCUT2D eigenvalue weighted by atomic mass is 10.1. The molecule has 110 valence electrons. The summed E-state index contributed by atoms with van der Waals surface area (Å²) >= 11 is 11.9. The van der Waals surface area contributed by atoms with Gasteiger partial charge in [0.15, 0.2) is 0 Å². The topological polar surface area (TPSA) is 35.5 Å². The Morgan fingerprint density at radius 3 is 2.67 bits per heavy atom. The van der Waals surface area contributed by atoms with Crippen LogP contribution in [0.2, 0.25) is 10.0 Å². The number of hydrogen-bond acceptors (Lipinski definition) is 3. The van der Waals surface area contributed by atoms with Crippen LogP contribution in [-0.2, 0) is 11.3 Å². The van der Waals surface area contributed by atoms with Crippen molar-refractivity contribution in [1.29, 1.82) is 0 Å². The maximum Gasteiger partial charge on any atom is 0.340 e. The van der Waals surface area contributed by atoms with Gasteiger partial charge in [-0.25, -0.2) is 9.18 Å². The number of carbonyl (C=O) groups excluding carboxylic acids is 1. The number of hydrogen-bond donors (Lipinski definition) is 0. The minimum atomic E-state index is -0.724. The van der Waals surface area contributed by atoms with Crippen molar-refractivity contribution in [2.45, 2.75) is 6.61 Å². The van der Waals surface area contributed by atoms with Crippen LogP contribution in [-0.4, -0.2) is 13.1 Å². The highest BCUT2D eigenvalue weighted by atomic mass is 35.5. The van der Waals surface area contributed by atoms with Crippen LogP contribution >= 0.6 is 23.2 Å². The van der Waals surface area contributed by atoms with Crippen molar-refractivity contribution >= 4 is 29.2 Å². The smallest absolute Gasteiger partial charge is 0.340 e. The minimum absolute atomic E-state index is 0.0957. The molecular formula is C15H11Cl2FO3. The molecule has 0 N–H and O–H groups in total. The summed E-state index contributed by atoms with van der Waals surface area (Å²) in [7, 11) is 1.19. The standard InChI is InChI=1S/C15H11Cl2FO3/c1-20-15(19)10-6-5-9(7-12(10)18)8-21-13-4-2-3-11(16)14(13)17/h2-7H,8H2,1H3. The maximum atomic E-state index is 13.8. The fourth-order valence-corrected chi connectivity index (χ4v) is 2.03. The van der Waals surface area contributed by atoms with Crippen molar-refractivity contribution < 1.29 is 18.7 Å². The van der Waals surface area contributed by atoms with Gasteiger partial charge in [-0.05, 0) is 29.8 Å². The molecule has 0 amide bonds. The van der Waals surface area contributed by atoms with E-state index >= 15 is 0 Å². The first-order valence-electron chi connectivity index (χ1n) is 5.96. The number of rotatable bonds is 4. The van der Waals surface area contributed by atoms with Crippen molar-refractivity contribution in [2.24, 2.45) is 0 Å². The number of halogens is 3. The third-order valence-electron chi connectivity index (χ3n) is 2.75. The minimum Gasteiger partial charge on any atom is -0.487 e. The lowest BCUT2D eigenvalue weighted by Gasteiger charge is -2.09. The van der Waals surface area contributed by atoms with Crippen LogP contribution in [0.3, 0.4) is 0 Å². The van der Waals surface area contributed by atoms with Gasteiger partial charge in [0.1, 0.15) is 23.2 Å². The first kappa shape index (κ1) is 15.6. The number of benzene rings is 2. The monoisotopic (exact) mass is 328 g/mol. The summed E-state index contributed by atoms with van der Waals surface area (Å²) < 4.78 is 23.7. The third-order valence-corrected chi connectivity index (χ3v) is 3.55. The Labute approximate surface area is 131 Å². The summed E-state index contributed by atoms with van der Waals surface area (Å²) in [5.74, 6) is -0.986. The van der Waals surface area contributed by atoms with Crippen LogP contribution in [0.1, 0.15) is 15.9 Å². The number of ether oxygens (including phenoxy) is 2. The number of methoxy groups -OCH3 is 1. The number of carbonyl (C=O) groups is 1. The molecule has 0 aliphatic carbocycles. The molecule has 2 rings (SSSR count). The Morgan fingerprint density at radius 2 is 2.00 bits per heavy atom. The van der Waals surface area contributed by atoms with E-state index in [0.717, 1.165) is 0 Å². The van der Waals surface area contributed by atoms with E-state index in [9.17, 15) is 9.18 Å². The van der Waals surface area contributed by atoms with Gasteiger partial charge in [-0.3, -0.25) is 0 Å². The maximum absolute atomic E-state index is 13.8. The molecule has 0 bridgehead atoms. The van der Waals surface area contributed by atoms with Gasteiger partial charge in [0, 0.05) is 0 Å². The first-order valence-corrected chi connectivity index (χ1v) is 6.72. The van der Waals surface area contributed by atoms with Gasteiger partial charge in [-0.1, -0.05) is 35.3 Å². The predicted octanol–water partition coefficient (Wildman–Crippen LogP) is 4.50. The van der Waals surface area contributed by atoms with Crippen molar-refractivity contribution in [1.82, 2.24) is 0 Å². The molecule has 0 aliphatic heterocycles. The van der Waals surface area contributed by atoms with E-state index in [1.165, 1.54) is 19.2 Å². The van der Waals surface area contributed by atoms with E-state index in [1.807, 2.05) is 0 Å². The SMILES string of the molecule is COC(=O)c1ccc(COc2cccc(Cl)c2Cl)cc1F. The van der Waals surface area contributed by atoms with Gasteiger partial charge >= 0.3 is 5.97 Å². The molecule has 3 nitrogen and oxygen atoms in total. The highest BCUT2D eigenvalue weighted by molar-refractivity contribution is 6.42. The fraction of sp³-hybridized carbons (Fsp3) is 0.133. The zero-order valence-corrected chi connectivity index (χ0v) is 12.5. The Hall–Kier alpha value is -1.78. The van der Waals surface area contributed by atoms with Crippen LogP contribution in [0.15, 0.2) is 36.4 Å². The van der Waals surface area contributed by atoms with Crippen LogP contribution in [0.4, 0.5) is 4.39 Å². The second-order valence-corrected chi connectivity index (χ2v) is 4.93. The Balaban J connectivity index is 2.12. The molecular weight excluding hydrogens is 318 g/mol. The van der Waals surface area contributed by atoms with Crippen LogP contribution in [0, 0.1) is 5.82 Å². The highest BCUT2D eigenvalue weighted by Crippen LogP contribution is 2.32. The average molecular weight is 329 g/mol. The predicted molar refractivity (Wildman–Crippen MR) is 78.5 cm³/mol. The van der Waals surface area contributed by atoms with E-state index in [2.05, 4.69) is 4.74 Å². The molecule has 0 spiro atoms. The summed E-state index contributed by atoms with van der Waals surface area (Å²) in [5, 5.41) is 0.673. The van der Waals surface area contributed by atoms with Crippen molar-refractivity contribution in [3.05, 3.63) is 63.4 Å². The van der Waals surface area contributed by atoms with Gasteiger partial charge in [0.25, 0.3) is 0 Å². The van der Waals surface area contributed by atoms with Crippen LogP contribution in [0.25, 0.3) is 0 Å². The molecule has 0 unspecified atom stereocenters. The summed E-state index contributed by atoms with van der Waals surface area (Å²) in [4.78, 5) is 11.3. The quantitative estimate of drug-likeness (QED) is 0.775. The molecule has 0 atom stereocenters. The molecule has 0 aromatic heterocycles. The molecule has 2 aromatic carbocycles. The number of esters is 1. The van der Waals surface area contributed by atoms with E-state index in [1.54, 1.807) is 24.3 Å². The third kappa shape index (κ3) is 3.65. The second kappa shape index (κ2) is 6.78. The fourth-order valence-electron chi connectivity index (χ4n) is 1.68. The Kier molecular flexibility index (Phi) is 5.04. The molecule has 0 aliphatic rings. The van der Waals surface area contributed by atoms with Crippen LogP contribution < -0.4 is 4.74 Å². The molecule has 0 heterocycles. The lowest BCUT2D eigenvalue weighted by molar-refractivity contribution is 0.0595. The molecule has 0 radical (unpaired) electrons. The largest absolute Gasteiger partial charge is 0.487 e. The van der Waals surface area contributed by atoms with E-state index in [4.69, 9.17) is 27.9 Å². The molecule has 0 fully saturated rings. The molecule has 6 heteroatoms. The summed E-state index contributed by atoms with van der Waals surface area (Å²) in [6.07, 6.45) is 0. The van der Waals surface area contributed by atoms with Gasteiger partial charge in [0.2, 0.25) is 0 Å². The van der Waals surface area contributed by atoms with Gasteiger partial charge < -0.3 is 9.47 Å². The van der Waals surface area contributed by atoms with Crippen molar-refractivity contribution in [3.8, 4) is 5.75 Å². The second-order valence-electron chi connectivity index (χ2n) is 4.15. The lowest BCUT2D eigenvalue weighted by Crippen LogP contribution is -2.05. The van der Waals surface area contributed by atoms with E-state index in [0.29, 0.717) is 21.4 Å². The van der Waals surface area contributed by atoms with E-state index in [-0.39, 0.29) is 12.2 Å². The zero-order chi connectivity index (χ0) is 15.4. The van der Waals surface area contributed by atoms with Gasteiger partial charge in [-0.2, -0.15) is 0 Å². The molecule has 21 heavy (non-hydrogen) atoms. The van der Waals surface area contributed by atoms with Crippen LogP contribution in [0.5, 0.6) is 5.75 Å². The molecule has 0 saturated heterocycles. The Bertz CT molecular complexity index is 674. The molecule has 0 saturated carbocycles. The average Bonchev–Trinajstić information content (AvgIpc) is 2.48. The summed E-state index contributed by atoms with van der Waals surface area (Å²) in [5.41, 5.74) is 0.429. The zero-order valence-electron chi connectivity index (χ0n) is 11.0. The highest BCUT2D eigenvalue weighted by Gasteiger charge is 2.13. The van der Waals surface area contributed by atoms with Gasteiger partial charge in [0.05, 0.1) is 17.7 Å². The van der Waals surface area contributed by atoms with Crippen molar-refractivity contribution in [3.63, 3.8) is 0 Å². The normalized spacial score (nSPS) is 10.3. The summed E-state index contributed by atoms with van der Waals surface area (Å²) in [6, 6.07) is 9.14. The Morgan fingerprint density at radius 1 is 1.24 bits per heavy atom. The van der Waals surface area contributed by atoms with E-state index < -0.39 is 11.8 Å². The van der Waals surface area contributed by atoms with Gasteiger partial charge in [-0.15, -0.1) is 0 Å².